The first kappa shape index (κ1) is 19.0. The van der Waals surface area contributed by atoms with Crippen LogP contribution in [-0.4, -0.2) is 33.4 Å². The number of nitrogens with zero attached hydrogens (tertiary/aromatic N) is 1. The highest BCUT2D eigenvalue weighted by molar-refractivity contribution is 7.92. The van der Waals surface area contributed by atoms with Crippen LogP contribution < -0.4 is 19.1 Å². The van der Waals surface area contributed by atoms with E-state index in [0.29, 0.717) is 29.3 Å². The van der Waals surface area contributed by atoms with Gasteiger partial charge in [-0.25, -0.2) is 8.42 Å². The lowest BCUT2D eigenvalue weighted by atomic mass is 10.1. The third-order valence-electron chi connectivity index (χ3n) is 4.23. The number of amides is 1. The van der Waals surface area contributed by atoms with E-state index in [2.05, 4.69) is 5.32 Å². The van der Waals surface area contributed by atoms with Crippen LogP contribution in [0.3, 0.4) is 0 Å². The fourth-order valence-corrected chi connectivity index (χ4v) is 4.23. The SMILES string of the molecule is CC[C@H](C(=O)Nc1ccc2c(c1)OCO2)N(c1cccc(C)c1)S(C)(=O)=O. The number of hydrogen-bond donors (Lipinski definition) is 1. The first-order chi connectivity index (χ1) is 12.8. The minimum Gasteiger partial charge on any atom is -0.454 e. The third-order valence-corrected chi connectivity index (χ3v) is 5.41. The standard InChI is InChI=1S/C19H22N2O5S/c1-4-16(21(27(3,23)24)15-7-5-6-13(2)10-15)19(22)20-14-8-9-17-18(11-14)26-12-25-17/h5-11,16H,4,12H2,1-3H3,(H,20,22)/t16-/m1/s1. The number of fused-ring (bicyclic) bond motifs is 1. The van der Waals surface area contributed by atoms with Crippen LogP contribution in [0.15, 0.2) is 42.5 Å². The molecule has 2 aromatic carbocycles. The molecule has 1 heterocycles. The van der Waals surface area contributed by atoms with E-state index in [9.17, 15) is 13.2 Å². The molecule has 1 aliphatic heterocycles. The van der Waals surface area contributed by atoms with E-state index >= 15 is 0 Å². The van der Waals surface area contributed by atoms with E-state index in [4.69, 9.17) is 9.47 Å². The first-order valence-corrected chi connectivity index (χ1v) is 10.4. The van der Waals surface area contributed by atoms with Crippen LogP contribution in [0, 0.1) is 6.92 Å². The van der Waals surface area contributed by atoms with Gasteiger partial charge in [-0.15, -0.1) is 0 Å². The summed E-state index contributed by atoms with van der Waals surface area (Å²) in [6.07, 6.45) is 1.42. The van der Waals surface area contributed by atoms with E-state index < -0.39 is 22.0 Å². The maximum absolute atomic E-state index is 12.9. The molecule has 1 N–H and O–H groups in total. The summed E-state index contributed by atoms with van der Waals surface area (Å²) in [5, 5.41) is 2.78. The monoisotopic (exact) mass is 390 g/mol. The van der Waals surface area contributed by atoms with E-state index in [1.807, 2.05) is 13.0 Å². The zero-order valence-electron chi connectivity index (χ0n) is 15.4. The highest BCUT2D eigenvalue weighted by atomic mass is 32.2. The Morgan fingerprint density at radius 2 is 1.93 bits per heavy atom. The van der Waals surface area contributed by atoms with Gasteiger partial charge in [0.15, 0.2) is 11.5 Å². The normalized spacial score (nSPS) is 13.9. The molecule has 0 unspecified atom stereocenters. The number of carbonyl (C=O) groups excluding carboxylic acids is 1. The molecule has 0 saturated heterocycles. The molecule has 1 aliphatic rings. The van der Waals surface area contributed by atoms with Crippen LogP contribution in [0.5, 0.6) is 11.5 Å². The highest BCUT2D eigenvalue weighted by Gasteiger charge is 2.31. The smallest absolute Gasteiger partial charge is 0.248 e. The Kier molecular flexibility index (Phi) is 5.27. The van der Waals surface area contributed by atoms with Crippen molar-refractivity contribution in [2.75, 3.05) is 22.7 Å². The predicted octanol–water partition coefficient (Wildman–Crippen LogP) is 2.91. The van der Waals surface area contributed by atoms with Gasteiger partial charge in [0, 0.05) is 11.8 Å². The summed E-state index contributed by atoms with van der Waals surface area (Å²) in [4.78, 5) is 12.9. The topological polar surface area (TPSA) is 84.9 Å². The van der Waals surface area contributed by atoms with Gasteiger partial charge in [0.2, 0.25) is 22.7 Å². The highest BCUT2D eigenvalue weighted by Crippen LogP contribution is 2.34. The number of aryl methyl sites for hydroxylation is 1. The second-order valence-corrected chi connectivity index (χ2v) is 8.24. The lowest BCUT2D eigenvalue weighted by Gasteiger charge is -2.30. The summed E-state index contributed by atoms with van der Waals surface area (Å²) < 4.78 is 36.7. The second-order valence-electron chi connectivity index (χ2n) is 6.38. The molecule has 3 rings (SSSR count). The Balaban J connectivity index is 1.89. The molecule has 0 saturated carbocycles. The minimum atomic E-state index is -3.67. The Morgan fingerprint density at radius 3 is 2.59 bits per heavy atom. The predicted molar refractivity (Wildman–Crippen MR) is 104 cm³/mol. The van der Waals surface area contributed by atoms with Crippen LogP contribution in [-0.2, 0) is 14.8 Å². The summed E-state index contributed by atoms with van der Waals surface area (Å²) >= 11 is 0. The van der Waals surface area contributed by atoms with Gasteiger partial charge in [0.25, 0.3) is 0 Å². The van der Waals surface area contributed by atoms with Gasteiger partial charge >= 0.3 is 0 Å². The molecule has 1 atom stereocenters. The van der Waals surface area contributed by atoms with Crippen molar-refractivity contribution in [3.8, 4) is 11.5 Å². The van der Waals surface area contributed by atoms with Crippen molar-refractivity contribution >= 4 is 27.3 Å². The van der Waals surface area contributed by atoms with Crippen molar-refractivity contribution < 1.29 is 22.7 Å². The molecule has 0 spiro atoms. The molecule has 0 radical (unpaired) electrons. The molecular formula is C19H22N2O5S. The Hall–Kier alpha value is -2.74. The third kappa shape index (κ3) is 4.16. The maximum Gasteiger partial charge on any atom is 0.248 e. The molecule has 0 aliphatic carbocycles. The molecule has 8 heteroatoms. The number of carbonyl (C=O) groups is 1. The molecule has 1 amide bonds. The van der Waals surface area contributed by atoms with Crippen molar-refractivity contribution in [3.05, 3.63) is 48.0 Å². The van der Waals surface area contributed by atoms with Crippen molar-refractivity contribution in [1.29, 1.82) is 0 Å². The number of anilines is 2. The summed E-state index contributed by atoms with van der Waals surface area (Å²) in [6, 6.07) is 11.2. The van der Waals surface area contributed by atoms with Crippen molar-refractivity contribution in [2.45, 2.75) is 26.3 Å². The quantitative estimate of drug-likeness (QED) is 0.820. The minimum absolute atomic E-state index is 0.138. The fourth-order valence-electron chi connectivity index (χ4n) is 3.03. The van der Waals surface area contributed by atoms with Gasteiger partial charge < -0.3 is 14.8 Å². The van der Waals surface area contributed by atoms with Crippen LogP contribution in [0.2, 0.25) is 0 Å². The van der Waals surface area contributed by atoms with Crippen molar-refractivity contribution in [1.82, 2.24) is 0 Å². The molecule has 0 aromatic heterocycles. The first-order valence-electron chi connectivity index (χ1n) is 8.56. The number of benzene rings is 2. The van der Waals surface area contributed by atoms with Crippen LogP contribution >= 0.6 is 0 Å². The lowest BCUT2D eigenvalue weighted by molar-refractivity contribution is -0.117. The summed E-state index contributed by atoms with van der Waals surface area (Å²) in [5.41, 5.74) is 1.89. The average Bonchev–Trinajstić information content (AvgIpc) is 3.06. The Labute approximate surface area is 158 Å². The van der Waals surface area contributed by atoms with Crippen LogP contribution in [0.1, 0.15) is 18.9 Å². The summed E-state index contributed by atoms with van der Waals surface area (Å²) in [7, 11) is -3.67. The molecule has 0 bridgehead atoms. The van der Waals surface area contributed by atoms with Gasteiger partial charge in [0.1, 0.15) is 6.04 Å². The molecule has 7 nitrogen and oxygen atoms in total. The molecule has 0 fully saturated rings. The largest absolute Gasteiger partial charge is 0.454 e. The zero-order chi connectivity index (χ0) is 19.6. The fraction of sp³-hybridized carbons (Fsp3) is 0.316. The van der Waals surface area contributed by atoms with E-state index in [1.165, 1.54) is 4.31 Å². The Bertz CT molecular complexity index is 958. The number of rotatable bonds is 6. The molecule has 144 valence electrons. The maximum atomic E-state index is 12.9. The van der Waals surface area contributed by atoms with Gasteiger partial charge in [-0.3, -0.25) is 9.10 Å². The van der Waals surface area contributed by atoms with Gasteiger partial charge in [-0.05, 0) is 43.2 Å². The lowest BCUT2D eigenvalue weighted by Crippen LogP contribution is -2.47. The average molecular weight is 390 g/mol. The van der Waals surface area contributed by atoms with Crippen molar-refractivity contribution in [3.63, 3.8) is 0 Å². The van der Waals surface area contributed by atoms with Gasteiger partial charge in [-0.1, -0.05) is 19.1 Å². The van der Waals surface area contributed by atoms with E-state index in [-0.39, 0.29) is 6.79 Å². The van der Waals surface area contributed by atoms with E-state index in [1.54, 1.807) is 43.3 Å². The molecular weight excluding hydrogens is 368 g/mol. The second kappa shape index (κ2) is 7.48. The zero-order valence-corrected chi connectivity index (χ0v) is 16.2. The van der Waals surface area contributed by atoms with E-state index in [0.717, 1.165) is 11.8 Å². The Morgan fingerprint density at radius 1 is 1.19 bits per heavy atom. The number of hydrogen-bond acceptors (Lipinski definition) is 5. The number of ether oxygens (including phenoxy) is 2. The van der Waals surface area contributed by atoms with Crippen molar-refractivity contribution in [2.24, 2.45) is 0 Å². The van der Waals surface area contributed by atoms with Gasteiger partial charge in [-0.2, -0.15) is 0 Å². The molecule has 27 heavy (non-hydrogen) atoms. The number of sulfonamides is 1. The molecule has 2 aromatic rings. The van der Waals surface area contributed by atoms with Crippen LogP contribution in [0.4, 0.5) is 11.4 Å². The van der Waals surface area contributed by atoms with Gasteiger partial charge in [0.05, 0.1) is 11.9 Å². The van der Waals surface area contributed by atoms with Crippen LogP contribution in [0.25, 0.3) is 0 Å². The number of nitrogens with one attached hydrogen (secondary N) is 1. The summed E-state index contributed by atoms with van der Waals surface area (Å²) in [6.45, 7) is 3.79. The summed E-state index contributed by atoms with van der Waals surface area (Å²) in [5.74, 6) is 0.736.